The van der Waals surface area contributed by atoms with Gasteiger partial charge in [0.15, 0.2) is 0 Å². The van der Waals surface area contributed by atoms with E-state index in [-0.39, 0.29) is 0 Å². The van der Waals surface area contributed by atoms with Crippen molar-refractivity contribution in [3.63, 3.8) is 0 Å². The third-order valence-electron chi connectivity index (χ3n) is 2.63. The number of hydrogen-bond acceptors (Lipinski definition) is 4. The third kappa shape index (κ3) is 3.23. The van der Waals surface area contributed by atoms with Crippen LogP contribution in [0.4, 0.5) is 0 Å². The standard InChI is InChI=1S/C10H14ClN3OS/c11-9-4-10(14-7-13-9)16(15)6-8-2-1-3-12-5-8/h4,7-8,12H,1-3,5-6H2/t8-,16-/m0/s1. The number of rotatable bonds is 3. The first-order valence-corrected chi connectivity index (χ1v) is 7.02. The molecule has 6 heteroatoms. The van der Waals surface area contributed by atoms with Crippen molar-refractivity contribution in [2.45, 2.75) is 17.9 Å². The molecule has 88 valence electrons. The molecule has 2 rings (SSSR count). The van der Waals surface area contributed by atoms with Crippen LogP contribution in [0.3, 0.4) is 0 Å². The van der Waals surface area contributed by atoms with Crippen LogP contribution in [0, 0.1) is 5.92 Å². The average molecular weight is 260 g/mol. The summed E-state index contributed by atoms with van der Waals surface area (Å²) in [6.07, 6.45) is 3.65. The van der Waals surface area contributed by atoms with E-state index >= 15 is 0 Å². The highest BCUT2D eigenvalue weighted by molar-refractivity contribution is 7.85. The largest absolute Gasteiger partial charge is 0.316 e. The van der Waals surface area contributed by atoms with Gasteiger partial charge in [0.2, 0.25) is 0 Å². The summed E-state index contributed by atoms with van der Waals surface area (Å²) in [4.78, 5) is 7.77. The van der Waals surface area contributed by atoms with Crippen molar-refractivity contribution in [3.05, 3.63) is 17.5 Å². The maximum absolute atomic E-state index is 12.0. The van der Waals surface area contributed by atoms with Crippen molar-refractivity contribution >= 4 is 22.4 Å². The van der Waals surface area contributed by atoms with Crippen molar-refractivity contribution in [3.8, 4) is 0 Å². The Kier molecular flexibility index (Phi) is 4.26. The summed E-state index contributed by atoms with van der Waals surface area (Å²) < 4.78 is 12.0. The summed E-state index contributed by atoms with van der Waals surface area (Å²) in [6.45, 7) is 2.02. The SMILES string of the molecule is O=[S@@](C[C@H]1CCCNC1)c1cc(Cl)ncn1. The van der Waals surface area contributed by atoms with Gasteiger partial charge in [-0.2, -0.15) is 0 Å². The smallest absolute Gasteiger partial charge is 0.133 e. The van der Waals surface area contributed by atoms with Gasteiger partial charge in [0.1, 0.15) is 16.5 Å². The molecule has 0 bridgehead atoms. The zero-order chi connectivity index (χ0) is 11.4. The zero-order valence-corrected chi connectivity index (χ0v) is 10.4. The maximum atomic E-state index is 12.0. The summed E-state index contributed by atoms with van der Waals surface area (Å²) in [7, 11) is -1.07. The molecule has 0 unspecified atom stereocenters. The van der Waals surface area contributed by atoms with Crippen molar-refractivity contribution in [2.75, 3.05) is 18.8 Å². The second kappa shape index (κ2) is 5.70. The van der Waals surface area contributed by atoms with E-state index in [0.717, 1.165) is 25.9 Å². The molecule has 2 heterocycles. The molecule has 1 saturated heterocycles. The van der Waals surface area contributed by atoms with E-state index in [2.05, 4.69) is 15.3 Å². The fraction of sp³-hybridized carbons (Fsp3) is 0.600. The number of nitrogens with one attached hydrogen (secondary N) is 1. The van der Waals surface area contributed by atoms with Crippen molar-refractivity contribution in [2.24, 2.45) is 5.92 Å². The Labute approximate surface area is 102 Å². The van der Waals surface area contributed by atoms with Gasteiger partial charge in [0, 0.05) is 11.8 Å². The van der Waals surface area contributed by atoms with E-state index in [0.29, 0.717) is 21.8 Å². The van der Waals surface area contributed by atoms with Crippen LogP contribution < -0.4 is 5.32 Å². The van der Waals surface area contributed by atoms with Gasteiger partial charge < -0.3 is 5.32 Å². The lowest BCUT2D eigenvalue weighted by Gasteiger charge is -2.21. The van der Waals surface area contributed by atoms with Gasteiger partial charge in [-0.1, -0.05) is 11.6 Å². The quantitative estimate of drug-likeness (QED) is 0.830. The number of nitrogens with zero attached hydrogens (tertiary/aromatic N) is 2. The predicted molar refractivity (Wildman–Crippen MR) is 63.9 cm³/mol. The van der Waals surface area contributed by atoms with Gasteiger partial charge >= 0.3 is 0 Å². The van der Waals surface area contributed by atoms with E-state index in [4.69, 9.17) is 11.6 Å². The Bertz CT molecular complexity index is 382. The van der Waals surface area contributed by atoms with Crippen molar-refractivity contribution < 1.29 is 4.21 Å². The Balaban J connectivity index is 1.97. The predicted octanol–water partition coefficient (Wildman–Crippen LogP) is 1.24. The highest BCUT2D eigenvalue weighted by Gasteiger charge is 2.17. The van der Waals surface area contributed by atoms with E-state index in [1.807, 2.05) is 0 Å². The molecule has 1 aromatic heterocycles. The molecule has 1 N–H and O–H groups in total. The fourth-order valence-corrected chi connectivity index (χ4v) is 3.31. The molecule has 0 aromatic carbocycles. The van der Waals surface area contributed by atoms with Crippen molar-refractivity contribution in [1.29, 1.82) is 0 Å². The minimum Gasteiger partial charge on any atom is -0.316 e. The minimum absolute atomic E-state index is 0.347. The van der Waals surface area contributed by atoms with E-state index in [1.54, 1.807) is 6.07 Å². The average Bonchev–Trinajstić information content (AvgIpc) is 2.30. The van der Waals surface area contributed by atoms with Gasteiger partial charge in [-0.25, -0.2) is 9.97 Å². The Morgan fingerprint density at radius 2 is 2.44 bits per heavy atom. The summed E-state index contributed by atoms with van der Waals surface area (Å²) in [6, 6.07) is 1.58. The number of piperidine rings is 1. The first kappa shape index (κ1) is 12.0. The van der Waals surface area contributed by atoms with E-state index in [9.17, 15) is 4.21 Å². The van der Waals surface area contributed by atoms with E-state index in [1.165, 1.54) is 6.33 Å². The van der Waals surface area contributed by atoms with E-state index < -0.39 is 10.8 Å². The molecule has 1 aliphatic heterocycles. The normalized spacial score (nSPS) is 22.9. The number of aromatic nitrogens is 2. The van der Waals surface area contributed by atoms with Crippen LogP contribution in [0.15, 0.2) is 17.4 Å². The fourth-order valence-electron chi connectivity index (χ4n) is 1.81. The number of halogens is 1. The lowest BCUT2D eigenvalue weighted by molar-refractivity contribution is 0.408. The molecular formula is C10H14ClN3OS. The van der Waals surface area contributed by atoms with Crippen LogP contribution in [-0.2, 0) is 10.8 Å². The maximum Gasteiger partial charge on any atom is 0.133 e. The van der Waals surface area contributed by atoms with Gasteiger partial charge in [-0.3, -0.25) is 4.21 Å². The molecular weight excluding hydrogens is 246 g/mol. The molecule has 0 radical (unpaired) electrons. The Hall–Kier alpha value is -0.520. The topological polar surface area (TPSA) is 54.9 Å². The molecule has 1 aromatic rings. The van der Waals surface area contributed by atoms with Crippen LogP contribution >= 0.6 is 11.6 Å². The molecule has 16 heavy (non-hydrogen) atoms. The van der Waals surface area contributed by atoms with Crippen LogP contribution in [0.5, 0.6) is 0 Å². The summed E-state index contributed by atoms with van der Waals surface area (Å²) in [5.74, 6) is 1.13. The minimum atomic E-state index is -1.07. The Morgan fingerprint density at radius 3 is 3.12 bits per heavy atom. The lowest BCUT2D eigenvalue weighted by Crippen LogP contribution is -2.32. The molecule has 0 amide bonds. The molecule has 0 spiro atoms. The molecule has 1 aliphatic rings. The number of hydrogen-bond donors (Lipinski definition) is 1. The summed E-state index contributed by atoms with van der Waals surface area (Å²) in [5.41, 5.74) is 0. The molecule has 0 aliphatic carbocycles. The highest BCUT2D eigenvalue weighted by atomic mass is 35.5. The summed E-state index contributed by atoms with van der Waals surface area (Å²) >= 11 is 5.73. The van der Waals surface area contributed by atoms with Crippen molar-refractivity contribution in [1.82, 2.24) is 15.3 Å². The molecule has 0 saturated carbocycles. The van der Waals surface area contributed by atoms with Crippen LogP contribution in [0.2, 0.25) is 5.15 Å². The van der Waals surface area contributed by atoms with Gasteiger partial charge in [-0.05, 0) is 31.8 Å². The lowest BCUT2D eigenvalue weighted by atomic mass is 10.0. The van der Waals surface area contributed by atoms with Crippen LogP contribution in [0.1, 0.15) is 12.8 Å². The molecule has 1 fully saturated rings. The van der Waals surface area contributed by atoms with Crippen LogP contribution in [0.25, 0.3) is 0 Å². The van der Waals surface area contributed by atoms with Crippen LogP contribution in [-0.4, -0.2) is 33.0 Å². The zero-order valence-electron chi connectivity index (χ0n) is 8.86. The summed E-state index contributed by atoms with van der Waals surface area (Å²) in [5, 5.41) is 4.19. The highest BCUT2D eigenvalue weighted by Crippen LogP contribution is 2.15. The van der Waals surface area contributed by atoms with Gasteiger partial charge in [0.25, 0.3) is 0 Å². The molecule has 4 nitrogen and oxygen atoms in total. The monoisotopic (exact) mass is 259 g/mol. The Morgan fingerprint density at radius 1 is 1.56 bits per heavy atom. The third-order valence-corrected chi connectivity index (χ3v) is 4.30. The molecule has 2 atom stereocenters. The second-order valence-corrected chi connectivity index (χ2v) is 5.73. The van der Waals surface area contributed by atoms with Gasteiger partial charge in [-0.15, -0.1) is 0 Å². The first-order chi connectivity index (χ1) is 7.75. The second-order valence-electron chi connectivity index (χ2n) is 3.90. The first-order valence-electron chi connectivity index (χ1n) is 5.32. The van der Waals surface area contributed by atoms with Gasteiger partial charge in [0.05, 0.1) is 10.8 Å².